The molecule has 1 fully saturated rings. The molecule has 0 aromatic rings. The van der Waals surface area contributed by atoms with Crippen molar-refractivity contribution in [3.05, 3.63) is 0 Å². The summed E-state index contributed by atoms with van der Waals surface area (Å²) in [6.45, 7) is 2.66. The number of piperazine rings is 1. The number of rotatable bonds is 7. The van der Waals surface area contributed by atoms with Crippen LogP contribution in [0, 0.1) is 0 Å². The monoisotopic (exact) mass is 317 g/mol. The fraction of sp³-hybridized carbons (Fsp3) is 1.00. The Balaban J connectivity index is 2.36. The van der Waals surface area contributed by atoms with Crippen molar-refractivity contribution in [2.24, 2.45) is 0 Å². The highest BCUT2D eigenvalue weighted by molar-refractivity contribution is 7.89. The van der Waals surface area contributed by atoms with E-state index in [2.05, 4.69) is 5.32 Å². The molecule has 20 heavy (non-hydrogen) atoms. The van der Waals surface area contributed by atoms with E-state index in [4.69, 9.17) is 0 Å². The van der Waals surface area contributed by atoms with Gasteiger partial charge in [0.05, 0.1) is 12.3 Å². The third-order valence-electron chi connectivity index (χ3n) is 3.09. The lowest BCUT2D eigenvalue weighted by Gasteiger charge is -2.34. The van der Waals surface area contributed by atoms with Gasteiger partial charge in [-0.15, -0.1) is 0 Å². The van der Waals surface area contributed by atoms with Crippen LogP contribution >= 0.6 is 0 Å². The quantitative estimate of drug-likeness (QED) is 0.695. The van der Waals surface area contributed by atoms with Gasteiger partial charge in [0.15, 0.2) is 0 Å². The normalized spacial score (nSPS) is 19.4. The van der Waals surface area contributed by atoms with Crippen LogP contribution < -0.4 is 5.32 Å². The van der Waals surface area contributed by atoms with Gasteiger partial charge in [0.25, 0.3) is 0 Å². The number of alkyl halides is 3. The fourth-order valence-electron chi connectivity index (χ4n) is 2.05. The minimum absolute atomic E-state index is 0.00767. The summed E-state index contributed by atoms with van der Waals surface area (Å²) in [7, 11) is -3.37. The van der Waals surface area contributed by atoms with E-state index in [1.165, 1.54) is 9.21 Å². The number of nitrogens with one attached hydrogen (secondary N) is 1. The van der Waals surface area contributed by atoms with Crippen molar-refractivity contribution in [1.82, 2.24) is 14.5 Å². The minimum atomic E-state index is -4.23. The molecule has 1 saturated heterocycles. The molecule has 0 spiro atoms. The highest BCUT2D eigenvalue weighted by Gasteiger charge is 2.34. The lowest BCUT2D eigenvalue weighted by atomic mass is 10.3. The summed E-state index contributed by atoms with van der Waals surface area (Å²) in [5, 5.41) is 3.01. The molecule has 0 atom stereocenters. The van der Waals surface area contributed by atoms with Crippen LogP contribution in [-0.4, -0.2) is 75.4 Å². The molecular formula is C11H22F3N3O2S. The Morgan fingerprint density at radius 3 is 2.20 bits per heavy atom. The number of hydrogen-bond acceptors (Lipinski definition) is 4. The largest absolute Gasteiger partial charge is 0.401 e. The van der Waals surface area contributed by atoms with Crippen molar-refractivity contribution in [1.29, 1.82) is 0 Å². The van der Waals surface area contributed by atoms with E-state index in [0.29, 0.717) is 6.54 Å². The zero-order valence-corrected chi connectivity index (χ0v) is 12.4. The standard InChI is InChI=1S/C11H22F3N3O2S/c1-2-3-15-4-9-20(18,19)17-7-5-16(6-8-17)10-11(12,13)14/h15H,2-10H2,1H3. The molecule has 9 heteroatoms. The highest BCUT2D eigenvalue weighted by atomic mass is 32.2. The van der Waals surface area contributed by atoms with Crippen molar-refractivity contribution in [2.45, 2.75) is 19.5 Å². The average Bonchev–Trinajstić information content (AvgIpc) is 2.33. The smallest absolute Gasteiger partial charge is 0.316 e. The van der Waals surface area contributed by atoms with Gasteiger partial charge < -0.3 is 5.32 Å². The summed E-state index contributed by atoms with van der Waals surface area (Å²) < 4.78 is 61.9. The molecule has 0 amide bonds. The molecule has 1 rings (SSSR count). The Hall–Kier alpha value is -0.380. The van der Waals surface area contributed by atoms with E-state index >= 15 is 0 Å². The first-order valence-electron chi connectivity index (χ1n) is 6.72. The van der Waals surface area contributed by atoms with Gasteiger partial charge in [-0.2, -0.15) is 17.5 Å². The Kier molecular flexibility index (Phi) is 6.70. The average molecular weight is 317 g/mol. The van der Waals surface area contributed by atoms with E-state index in [0.717, 1.165) is 13.0 Å². The van der Waals surface area contributed by atoms with E-state index < -0.39 is 22.7 Å². The molecule has 0 bridgehead atoms. The van der Waals surface area contributed by atoms with Crippen molar-refractivity contribution >= 4 is 10.0 Å². The zero-order valence-electron chi connectivity index (χ0n) is 11.6. The predicted molar refractivity (Wildman–Crippen MR) is 71.0 cm³/mol. The van der Waals surface area contributed by atoms with Gasteiger partial charge >= 0.3 is 6.18 Å². The van der Waals surface area contributed by atoms with Gasteiger partial charge in [0, 0.05) is 32.7 Å². The predicted octanol–water partition coefficient (Wildman–Crippen LogP) is 0.496. The van der Waals surface area contributed by atoms with Crippen LogP contribution in [0.3, 0.4) is 0 Å². The third-order valence-corrected chi connectivity index (χ3v) is 4.96. The second-order valence-electron chi connectivity index (χ2n) is 4.86. The molecule has 1 aliphatic rings. The highest BCUT2D eigenvalue weighted by Crippen LogP contribution is 2.18. The van der Waals surface area contributed by atoms with Gasteiger partial charge in [-0.1, -0.05) is 6.92 Å². The van der Waals surface area contributed by atoms with Crippen molar-refractivity contribution in [3.63, 3.8) is 0 Å². The first-order chi connectivity index (χ1) is 9.24. The van der Waals surface area contributed by atoms with Crippen molar-refractivity contribution in [2.75, 3.05) is 51.6 Å². The van der Waals surface area contributed by atoms with Gasteiger partial charge in [-0.25, -0.2) is 8.42 Å². The number of sulfonamides is 1. The van der Waals surface area contributed by atoms with Gasteiger partial charge in [0.1, 0.15) is 0 Å². The van der Waals surface area contributed by atoms with Crippen LogP contribution in [0.4, 0.5) is 13.2 Å². The first-order valence-corrected chi connectivity index (χ1v) is 8.33. The number of halogens is 3. The summed E-state index contributed by atoms with van der Waals surface area (Å²) >= 11 is 0. The fourth-order valence-corrected chi connectivity index (χ4v) is 3.43. The van der Waals surface area contributed by atoms with Crippen LogP contribution in [-0.2, 0) is 10.0 Å². The molecule has 0 unspecified atom stereocenters. The molecule has 0 radical (unpaired) electrons. The number of hydrogen-bond donors (Lipinski definition) is 1. The lowest BCUT2D eigenvalue weighted by molar-refractivity contribution is -0.148. The van der Waals surface area contributed by atoms with Gasteiger partial charge in [0.2, 0.25) is 10.0 Å². The summed E-state index contributed by atoms with van der Waals surface area (Å²) in [4.78, 5) is 1.24. The SMILES string of the molecule is CCCNCCS(=O)(=O)N1CCN(CC(F)(F)F)CC1. The molecule has 1 N–H and O–H groups in total. The van der Waals surface area contributed by atoms with E-state index in [1.54, 1.807) is 0 Å². The number of nitrogens with zero attached hydrogens (tertiary/aromatic N) is 2. The lowest BCUT2D eigenvalue weighted by Crippen LogP contribution is -2.51. The van der Waals surface area contributed by atoms with Crippen LogP contribution in [0.1, 0.15) is 13.3 Å². The molecule has 1 heterocycles. The molecule has 0 aliphatic carbocycles. The van der Waals surface area contributed by atoms with E-state index in [9.17, 15) is 21.6 Å². The second kappa shape index (κ2) is 7.58. The Morgan fingerprint density at radius 2 is 1.70 bits per heavy atom. The summed E-state index contributed by atoms with van der Waals surface area (Å²) in [6, 6.07) is 0. The van der Waals surface area contributed by atoms with E-state index in [1.807, 2.05) is 6.92 Å². The molecule has 5 nitrogen and oxygen atoms in total. The van der Waals surface area contributed by atoms with Crippen LogP contribution in [0.25, 0.3) is 0 Å². The topological polar surface area (TPSA) is 52.7 Å². The summed E-state index contributed by atoms with van der Waals surface area (Å²) in [6.07, 6.45) is -3.30. The maximum Gasteiger partial charge on any atom is 0.401 e. The van der Waals surface area contributed by atoms with Crippen molar-refractivity contribution < 1.29 is 21.6 Å². The van der Waals surface area contributed by atoms with Crippen molar-refractivity contribution in [3.8, 4) is 0 Å². The first kappa shape index (κ1) is 17.7. The maximum absolute atomic E-state index is 12.2. The zero-order chi connectivity index (χ0) is 15.2. The summed E-state index contributed by atoms with van der Waals surface area (Å²) in [5.74, 6) is -0.00767. The van der Waals surface area contributed by atoms with Crippen LogP contribution in [0.5, 0.6) is 0 Å². The Bertz CT molecular complexity index is 379. The Labute approximate surface area is 118 Å². The molecule has 1 aliphatic heterocycles. The third kappa shape index (κ3) is 6.38. The van der Waals surface area contributed by atoms with Crippen LogP contribution in [0.2, 0.25) is 0 Å². The summed E-state index contributed by atoms with van der Waals surface area (Å²) in [5.41, 5.74) is 0. The van der Waals surface area contributed by atoms with E-state index in [-0.39, 0.29) is 31.9 Å². The minimum Gasteiger partial charge on any atom is -0.316 e. The molecule has 0 aromatic carbocycles. The molecule has 0 aromatic heterocycles. The molecule has 0 saturated carbocycles. The van der Waals surface area contributed by atoms with Gasteiger partial charge in [-0.3, -0.25) is 4.90 Å². The molecule has 120 valence electrons. The Morgan fingerprint density at radius 1 is 1.10 bits per heavy atom. The van der Waals surface area contributed by atoms with Gasteiger partial charge in [-0.05, 0) is 13.0 Å². The second-order valence-corrected chi connectivity index (χ2v) is 6.94. The molecular weight excluding hydrogens is 295 g/mol. The van der Waals surface area contributed by atoms with Crippen LogP contribution in [0.15, 0.2) is 0 Å². The maximum atomic E-state index is 12.2.